The maximum Gasteiger partial charge on any atom is 0.514 e. The molecule has 0 aliphatic carbocycles. The number of nitro groups is 1. The molecule has 2 rings (SSSR count). The molecule has 0 bridgehead atoms. The van der Waals surface area contributed by atoms with Gasteiger partial charge in [0.05, 0.1) is 4.92 Å². The highest BCUT2D eigenvalue weighted by Gasteiger charge is 2.10. The second-order valence-corrected chi connectivity index (χ2v) is 5.88. The Morgan fingerprint density at radius 3 is 2.32 bits per heavy atom. The molecule has 9 heteroatoms. The molecule has 0 saturated heterocycles. The Morgan fingerprint density at radius 2 is 1.71 bits per heavy atom. The Hall–Kier alpha value is -3.46. The van der Waals surface area contributed by atoms with Crippen molar-refractivity contribution in [2.45, 2.75) is 25.9 Å². The Bertz CT molecular complexity index is 805. The van der Waals surface area contributed by atoms with E-state index in [2.05, 4.69) is 5.32 Å². The van der Waals surface area contributed by atoms with Crippen LogP contribution in [0.3, 0.4) is 0 Å². The van der Waals surface area contributed by atoms with Gasteiger partial charge in [-0.25, -0.2) is 4.79 Å². The first kappa shape index (κ1) is 20.8. The van der Waals surface area contributed by atoms with Crippen molar-refractivity contribution in [3.8, 4) is 5.75 Å². The van der Waals surface area contributed by atoms with Crippen LogP contribution in [0.2, 0.25) is 0 Å². The van der Waals surface area contributed by atoms with Gasteiger partial charge >= 0.3 is 6.16 Å². The average Bonchev–Trinajstić information content (AvgIpc) is 2.68. The van der Waals surface area contributed by atoms with Crippen molar-refractivity contribution < 1.29 is 24.0 Å². The SMILES string of the molecule is NCCCCC(=O)Nc1ccc(COC(=O)Oc2ccc([N+](=O)[O-])cc2)cc1. The molecule has 3 N–H and O–H groups in total. The first-order valence-electron chi connectivity index (χ1n) is 8.66. The lowest BCUT2D eigenvalue weighted by Crippen LogP contribution is -2.12. The number of hydrogen-bond donors (Lipinski definition) is 2. The van der Waals surface area contributed by atoms with Crippen LogP contribution < -0.4 is 15.8 Å². The minimum absolute atomic E-state index is 0.0173. The number of hydrogen-bond acceptors (Lipinski definition) is 7. The number of nitrogens with one attached hydrogen (secondary N) is 1. The van der Waals surface area contributed by atoms with Gasteiger partial charge in [0.25, 0.3) is 5.69 Å². The minimum Gasteiger partial charge on any atom is -0.429 e. The molecule has 0 fully saturated rings. The molecule has 1 amide bonds. The molecule has 2 aromatic rings. The molecule has 148 valence electrons. The zero-order valence-electron chi connectivity index (χ0n) is 15.1. The molecule has 2 aromatic carbocycles. The van der Waals surface area contributed by atoms with E-state index in [1.807, 2.05) is 0 Å². The average molecular weight is 387 g/mol. The van der Waals surface area contributed by atoms with E-state index >= 15 is 0 Å². The van der Waals surface area contributed by atoms with Gasteiger partial charge in [-0.2, -0.15) is 0 Å². The van der Waals surface area contributed by atoms with Crippen molar-refractivity contribution in [2.24, 2.45) is 5.73 Å². The van der Waals surface area contributed by atoms with Crippen LogP contribution in [-0.2, 0) is 16.1 Å². The lowest BCUT2D eigenvalue weighted by molar-refractivity contribution is -0.384. The lowest BCUT2D eigenvalue weighted by atomic mass is 10.2. The fraction of sp³-hybridized carbons (Fsp3) is 0.263. The third-order valence-corrected chi connectivity index (χ3v) is 3.70. The number of nitro benzene ring substituents is 1. The number of nitrogens with zero attached hydrogens (tertiary/aromatic N) is 1. The summed E-state index contributed by atoms with van der Waals surface area (Å²) in [7, 11) is 0. The number of ether oxygens (including phenoxy) is 2. The van der Waals surface area contributed by atoms with E-state index in [0.29, 0.717) is 24.2 Å². The summed E-state index contributed by atoms with van der Waals surface area (Å²) in [4.78, 5) is 33.5. The molecule has 0 saturated carbocycles. The molecule has 0 aliphatic rings. The van der Waals surface area contributed by atoms with Crippen LogP contribution in [0.15, 0.2) is 48.5 Å². The Morgan fingerprint density at radius 1 is 1.04 bits per heavy atom. The van der Waals surface area contributed by atoms with E-state index < -0.39 is 11.1 Å². The molecule has 28 heavy (non-hydrogen) atoms. The summed E-state index contributed by atoms with van der Waals surface area (Å²) >= 11 is 0. The number of carbonyl (C=O) groups excluding carboxylic acids is 2. The van der Waals surface area contributed by atoms with E-state index in [1.54, 1.807) is 24.3 Å². The fourth-order valence-electron chi connectivity index (χ4n) is 2.24. The predicted octanol–water partition coefficient (Wildman–Crippen LogP) is 3.38. The summed E-state index contributed by atoms with van der Waals surface area (Å²) in [5.41, 5.74) is 6.65. The van der Waals surface area contributed by atoms with Crippen LogP contribution in [0.25, 0.3) is 0 Å². The third-order valence-electron chi connectivity index (χ3n) is 3.70. The van der Waals surface area contributed by atoms with Crippen molar-refractivity contribution in [3.05, 3.63) is 64.2 Å². The van der Waals surface area contributed by atoms with E-state index in [4.69, 9.17) is 15.2 Å². The van der Waals surface area contributed by atoms with E-state index in [-0.39, 0.29) is 24.0 Å². The van der Waals surface area contributed by atoms with Crippen LogP contribution >= 0.6 is 0 Å². The van der Waals surface area contributed by atoms with Crippen molar-refractivity contribution in [1.29, 1.82) is 0 Å². The Kier molecular flexibility index (Phi) is 7.92. The summed E-state index contributed by atoms with van der Waals surface area (Å²) in [5, 5.41) is 13.4. The molecule has 0 radical (unpaired) electrons. The van der Waals surface area contributed by atoms with E-state index in [9.17, 15) is 19.7 Å². The number of carbonyl (C=O) groups is 2. The molecule has 0 atom stereocenters. The summed E-state index contributed by atoms with van der Waals surface area (Å²) < 4.78 is 9.95. The topological polar surface area (TPSA) is 134 Å². The minimum atomic E-state index is -0.925. The number of anilines is 1. The first-order valence-corrected chi connectivity index (χ1v) is 8.66. The van der Waals surface area contributed by atoms with Crippen molar-refractivity contribution in [3.63, 3.8) is 0 Å². The molecular weight excluding hydrogens is 366 g/mol. The number of rotatable bonds is 9. The number of benzene rings is 2. The summed E-state index contributed by atoms with van der Waals surface area (Å²) in [6, 6.07) is 11.9. The zero-order chi connectivity index (χ0) is 20.4. The standard InChI is InChI=1S/C19H21N3O6/c20-12-2-1-3-18(23)21-15-6-4-14(5-7-15)13-27-19(24)28-17-10-8-16(9-11-17)22(25)26/h4-11H,1-3,12-13,20H2,(H,21,23). The first-order chi connectivity index (χ1) is 13.5. The van der Waals surface area contributed by atoms with Crippen LogP contribution in [0.5, 0.6) is 5.75 Å². The normalized spacial score (nSPS) is 10.2. The smallest absolute Gasteiger partial charge is 0.429 e. The van der Waals surface area contributed by atoms with Crippen LogP contribution in [-0.4, -0.2) is 23.5 Å². The highest BCUT2D eigenvalue weighted by Crippen LogP contribution is 2.18. The molecule has 9 nitrogen and oxygen atoms in total. The Labute approximate surface area is 161 Å². The molecule has 0 aromatic heterocycles. The number of nitrogens with two attached hydrogens (primary N) is 1. The summed E-state index contributed by atoms with van der Waals surface area (Å²) in [5.74, 6) is 0.0624. The van der Waals surface area contributed by atoms with Gasteiger partial charge in [0.2, 0.25) is 5.91 Å². The summed E-state index contributed by atoms with van der Waals surface area (Å²) in [6.07, 6.45) is 1.03. The van der Waals surface area contributed by atoms with Crippen LogP contribution in [0.1, 0.15) is 24.8 Å². The van der Waals surface area contributed by atoms with Crippen LogP contribution in [0, 0.1) is 10.1 Å². The van der Waals surface area contributed by atoms with Gasteiger partial charge in [-0.15, -0.1) is 0 Å². The van der Waals surface area contributed by atoms with Gasteiger partial charge < -0.3 is 20.5 Å². The highest BCUT2D eigenvalue weighted by molar-refractivity contribution is 5.90. The number of amides is 1. The van der Waals surface area contributed by atoms with Gasteiger partial charge in [-0.1, -0.05) is 12.1 Å². The molecular formula is C19H21N3O6. The van der Waals surface area contributed by atoms with Gasteiger partial charge in [-0.3, -0.25) is 14.9 Å². The quantitative estimate of drug-likeness (QED) is 0.221. The van der Waals surface area contributed by atoms with E-state index in [0.717, 1.165) is 12.8 Å². The monoisotopic (exact) mass is 387 g/mol. The van der Waals surface area contributed by atoms with Gasteiger partial charge in [0.15, 0.2) is 0 Å². The second kappa shape index (κ2) is 10.6. The van der Waals surface area contributed by atoms with Gasteiger partial charge in [-0.05, 0) is 49.2 Å². The second-order valence-electron chi connectivity index (χ2n) is 5.88. The van der Waals surface area contributed by atoms with Crippen molar-refractivity contribution in [1.82, 2.24) is 0 Å². The van der Waals surface area contributed by atoms with Gasteiger partial charge in [0.1, 0.15) is 12.4 Å². The van der Waals surface area contributed by atoms with E-state index in [1.165, 1.54) is 24.3 Å². The van der Waals surface area contributed by atoms with Crippen molar-refractivity contribution in [2.75, 3.05) is 11.9 Å². The molecule has 0 aliphatic heterocycles. The van der Waals surface area contributed by atoms with Crippen molar-refractivity contribution >= 4 is 23.4 Å². The van der Waals surface area contributed by atoms with Crippen LogP contribution in [0.4, 0.5) is 16.2 Å². The largest absolute Gasteiger partial charge is 0.514 e. The Balaban J connectivity index is 1.76. The third kappa shape index (κ3) is 7.04. The number of unbranched alkanes of at least 4 members (excludes halogenated alkanes) is 1. The lowest BCUT2D eigenvalue weighted by Gasteiger charge is -2.08. The maximum atomic E-state index is 11.7. The van der Waals surface area contributed by atoms with Gasteiger partial charge in [0, 0.05) is 24.2 Å². The fourth-order valence-corrected chi connectivity index (χ4v) is 2.24. The highest BCUT2D eigenvalue weighted by atomic mass is 16.7. The predicted molar refractivity (Wildman–Crippen MR) is 102 cm³/mol. The zero-order valence-corrected chi connectivity index (χ0v) is 15.1. The molecule has 0 heterocycles. The number of non-ortho nitro benzene ring substituents is 1. The maximum absolute atomic E-state index is 11.7. The molecule has 0 unspecified atom stereocenters. The molecule has 0 spiro atoms. The summed E-state index contributed by atoms with van der Waals surface area (Å²) in [6.45, 7) is 0.547.